The molecule has 0 heterocycles. The van der Waals surface area contributed by atoms with Crippen molar-refractivity contribution in [2.24, 2.45) is 0 Å². The maximum Gasteiger partial charge on any atom is 0.252 e. The maximum absolute atomic E-state index is 12.6. The van der Waals surface area contributed by atoms with E-state index in [1.165, 1.54) is 11.8 Å². The molecule has 1 amide bonds. The van der Waals surface area contributed by atoms with Gasteiger partial charge >= 0.3 is 0 Å². The summed E-state index contributed by atoms with van der Waals surface area (Å²) in [6.45, 7) is 6.12. The first-order valence-corrected chi connectivity index (χ1v) is 10.4. The number of nitrogens with zero attached hydrogens (tertiary/aromatic N) is 1. The standard InChI is InChI=1S/C20H22N2O2S2/c1-20(2,3)26(24)13-12-22-19(23)16-9-5-7-11-18(16)25-17-10-6-4-8-15(17)14-21/h4-11H,12-13H2,1-3H3,(H,22,23). The number of benzene rings is 2. The van der Waals surface area contributed by atoms with Gasteiger partial charge in [0.15, 0.2) is 0 Å². The monoisotopic (exact) mass is 386 g/mol. The number of carbonyl (C=O) groups is 1. The lowest BCUT2D eigenvalue weighted by molar-refractivity contribution is 0.0953. The summed E-state index contributed by atoms with van der Waals surface area (Å²) in [6.07, 6.45) is 0. The lowest BCUT2D eigenvalue weighted by Crippen LogP contribution is -2.32. The largest absolute Gasteiger partial charge is 0.351 e. The van der Waals surface area contributed by atoms with E-state index in [1.807, 2.05) is 57.2 Å². The quantitative estimate of drug-likeness (QED) is 0.815. The zero-order valence-corrected chi connectivity index (χ0v) is 16.7. The van der Waals surface area contributed by atoms with Gasteiger partial charge in [-0.3, -0.25) is 9.00 Å². The molecular weight excluding hydrogens is 364 g/mol. The fraction of sp³-hybridized carbons (Fsp3) is 0.300. The SMILES string of the molecule is CC(C)(C)S(=O)CCNC(=O)c1ccccc1Sc1ccccc1C#N. The zero-order valence-electron chi connectivity index (χ0n) is 15.1. The third-order valence-corrected chi connectivity index (χ3v) is 6.71. The van der Waals surface area contributed by atoms with Crippen molar-refractivity contribution in [2.75, 3.05) is 12.3 Å². The second-order valence-electron chi connectivity index (χ2n) is 6.62. The Bertz CT molecular complexity index is 851. The van der Waals surface area contributed by atoms with Gasteiger partial charge in [0.2, 0.25) is 0 Å². The predicted molar refractivity (Wildman–Crippen MR) is 107 cm³/mol. The van der Waals surface area contributed by atoms with Gasteiger partial charge in [0.05, 0.1) is 11.1 Å². The van der Waals surface area contributed by atoms with Crippen LogP contribution in [-0.2, 0) is 10.8 Å². The Balaban J connectivity index is 2.10. The third kappa shape index (κ3) is 5.45. The van der Waals surface area contributed by atoms with Gasteiger partial charge in [0, 0.05) is 37.6 Å². The van der Waals surface area contributed by atoms with E-state index in [-0.39, 0.29) is 10.7 Å². The van der Waals surface area contributed by atoms with Crippen LogP contribution in [0, 0.1) is 11.3 Å². The van der Waals surface area contributed by atoms with Crippen molar-refractivity contribution in [2.45, 2.75) is 35.3 Å². The van der Waals surface area contributed by atoms with Crippen LogP contribution in [0.1, 0.15) is 36.7 Å². The molecule has 0 saturated carbocycles. The number of hydrogen-bond acceptors (Lipinski definition) is 4. The Kier molecular flexibility index (Phi) is 7.01. The van der Waals surface area contributed by atoms with Gasteiger partial charge in [0.25, 0.3) is 5.91 Å². The molecule has 0 aliphatic rings. The molecule has 1 N–H and O–H groups in total. The number of hydrogen-bond donors (Lipinski definition) is 1. The van der Waals surface area contributed by atoms with E-state index >= 15 is 0 Å². The summed E-state index contributed by atoms with van der Waals surface area (Å²) < 4.78 is 11.8. The summed E-state index contributed by atoms with van der Waals surface area (Å²) in [6, 6.07) is 16.8. The van der Waals surface area contributed by atoms with Crippen LogP contribution in [0.4, 0.5) is 0 Å². The van der Waals surface area contributed by atoms with Crippen LogP contribution in [0.5, 0.6) is 0 Å². The fourth-order valence-corrected chi connectivity index (χ4v) is 4.09. The molecule has 2 rings (SSSR count). The highest BCUT2D eigenvalue weighted by molar-refractivity contribution is 7.99. The molecule has 1 atom stereocenters. The Morgan fingerprint density at radius 3 is 2.38 bits per heavy atom. The van der Waals surface area contributed by atoms with Crippen LogP contribution in [0.25, 0.3) is 0 Å². The molecule has 0 radical (unpaired) electrons. The highest BCUT2D eigenvalue weighted by Gasteiger charge is 2.19. The summed E-state index contributed by atoms with van der Waals surface area (Å²) in [5, 5.41) is 12.1. The molecule has 0 aliphatic carbocycles. The van der Waals surface area contributed by atoms with E-state index in [0.717, 1.165) is 9.79 Å². The molecule has 0 fully saturated rings. The Morgan fingerprint density at radius 1 is 1.12 bits per heavy atom. The molecular formula is C20H22N2O2S2. The van der Waals surface area contributed by atoms with E-state index in [1.54, 1.807) is 12.1 Å². The van der Waals surface area contributed by atoms with E-state index in [4.69, 9.17) is 0 Å². The Morgan fingerprint density at radius 2 is 1.73 bits per heavy atom. The van der Waals surface area contributed by atoms with Gasteiger partial charge in [-0.15, -0.1) is 0 Å². The molecule has 0 saturated heterocycles. The summed E-state index contributed by atoms with van der Waals surface area (Å²) in [7, 11) is -1.01. The van der Waals surface area contributed by atoms with Crippen molar-refractivity contribution < 1.29 is 9.00 Å². The topological polar surface area (TPSA) is 70.0 Å². The molecule has 2 aromatic rings. The van der Waals surface area contributed by atoms with Crippen molar-refractivity contribution in [3.8, 4) is 6.07 Å². The van der Waals surface area contributed by atoms with Crippen molar-refractivity contribution in [1.82, 2.24) is 5.32 Å². The Labute approximate surface area is 161 Å². The number of rotatable bonds is 6. The summed E-state index contributed by atoms with van der Waals surface area (Å²) >= 11 is 1.39. The first-order chi connectivity index (χ1) is 12.3. The van der Waals surface area contributed by atoms with Crippen LogP contribution in [0.3, 0.4) is 0 Å². The van der Waals surface area contributed by atoms with E-state index < -0.39 is 10.8 Å². The molecule has 0 spiro atoms. The Hall–Kier alpha value is -2.10. The molecule has 0 aromatic heterocycles. The first kappa shape index (κ1) is 20.2. The highest BCUT2D eigenvalue weighted by Crippen LogP contribution is 2.32. The van der Waals surface area contributed by atoms with Gasteiger partial charge in [0.1, 0.15) is 6.07 Å². The highest BCUT2D eigenvalue weighted by atomic mass is 32.2. The summed E-state index contributed by atoms with van der Waals surface area (Å²) in [5.74, 6) is 0.218. The van der Waals surface area contributed by atoms with Crippen molar-refractivity contribution in [3.63, 3.8) is 0 Å². The average Bonchev–Trinajstić information content (AvgIpc) is 2.61. The first-order valence-electron chi connectivity index (χ1n) is 8.25. The van der Waals surface area contributed by atoms with Gasteiger partial charge in [-0.25, -0.2) is 0 Å². The second kappa shape index (κ2) is 9.02. The molecule has 0 bridgehead atoms. The minimum atomic E-state index is -1.01. The van der Waals surface area contributed by atoms with Gasteiger partial charge in [-0.1, -0.05) is 36.0 Å². The minimum absolute atomic E-state index is 0.201. The molecule has 26 heavy (non-hydrogen) atoms. The van der Waals surface area contributed by atoms with E-state index in [9.17, 15) is 14.3 Å². The molecule has 136 valence electrons. The minimum Gasteiger partial charge on any atom is -0.351 e. The summed E-state index contributed by atoms with van der Waals surface area (Å²) in [5.41, 5.74) is 1.13. The fourth-order valence-electron chi connectivity index (χ4n) is 2.17. The van der Waals surface area contributed by atoms with E-state index in [2.05, 4.69) is 11.4 Å². The number of amides is 1. The number of nitrogens with one attached hydrogen (secondary N) is 1. The lowest BCUT2D eigenvalue weighted by atomic mass is 10.2. The average molecular weight is 387 g/mol. The number of carbonyl (C=O) groups excluding carboxylic acids is 1. The molecule has 4 nitrogen and oxygen atoms in total. The molecule has 6 heteroatoms. The van der Waals surface area contributed by atoms with Crippen molar-refractivity contribution >= 4 is 28.5 Å². The van der Waals surface area contributed by atoms with E-state index in [0.29, 0.717) is 23.4 Å². The van der Waals surface area contributed by atoms with Crippen LogP contribution >= 0.6 is 11.8 Å². The van der Waals surface area contributed by atoms with Gasteiger partial charge in [-0.05, 0) is 45.0 Å². The van der Waals surface area contributed by atoms with Gasteiger partial charge in [-0.2, -0.15) is 5.26 Å². The van der Waals surface area contributed by atoms with Crippen LogP contribution in [-0.4, -0.2) is 27.2 Å². The molecule has 0 aliphatic heterocycles. The van der Waals surface area contributed by atoms with Crippen molar-refractivity contribution in [3.05, 3.63) is 59.7 Å². The van der Waals surface area contributed by atoms with Crippen LogP contribution in [0.15, 0.2) is 58.3 Å². The lowest BCUT2D eigenvalue weighted by Gasteiger charge is -2.18. The molecule has 1 unspecified atom stereocenters. The second-order valence-corrected chi connectivity index (χ2v) is 10.0. The maximum atomic E-state index is 12.6. The van der Waals surface area contributed by atoms with Crippen molar-refractivity contribution in [1.29, 1.82) is 5.26 Å². The zero-order chi connectivity index (χ0) is 19.2. The number of nitriles is 1. The molecule has 2 aromatic carbocycles. The van der Waals surface area contributed by atoms with Crippen LogP contribution < -0.4 is 5.32 Å². The van der Waals surface area contributed by atoms with Gasteiger partial charge < -0.3 is 5.32 Å². The van der Waals surface area contributed by atoms with Crippen LogP contribution in [0.2, 0.25) is 0 Å². The predicted octanol–water partition coefficient (Wildman–Crippen LogP) is 3.99. The normalized spacial score (nSPS) is 12.2. The summed E-state index contributed by atoms with van der Waals surface area (Å²) in [4.78, 5) is 14.1. The third-order valence-electron chi connectivity index (χ3n) is 3.62. The smallest absolute Gasteiger partial charge is 0.252 e.